The van der Waals surface area contributed by atoms with E-state index in [1.807, 2.05) is 18.2 Å². The van der Waals surface area contributed by atoms with Crippen LogP contribution in [0.5, 0.6) is 17.2 Å². The second kappa shape index (κ2) is 8.32. The first-order chi connectivity index (χ1) is 10.6. The Kier molecular flexibility index (Phi) is 6.13. The number of aromatic hydroxyl groups is 1. The molecule has 0 amide bonds. The lowest BCUT2D eigenvalue weighted by molar-refractivity contribution is 0.266. The van der Waals surface area contributed by atoms with E-state index in [1.165, 1.54) is 5.56 Å². The van der Waals surface area contributed by atoms with Crippen molar-refractivity contribution in [1.82, 2.24) is 0 Å². The molecule has 118 valence electrons. The van der Waals surface area contributed by atoms with Crippen LogP contribution in [0.4, 0.5) is 0 Å². The SMILES string of the molecule is CC(C)c1ccc(OCCCCOc2cccc(O)c2)cc1. The zero-order valence-corrected chi connectivity index (χ0v) is 13.3. The lowest BCUT2D eigenvalue weighted by Gasteiger charge is -2.09. The fourth-order valence-electron chi connectivity index (χ4n) is 2.11. The third kappa shape index (κ3) is 5.32. The second-order valence-electron chi connectivity index (χ2n) is 5.63. The van der Waals surface area contributed by atoms with Crippen LogP contribution < -0.4 is 9.47 Å². The quantitative estimate of drug-likeness (QED) is 0.715. The molecule has 0 bridgehead atoms. The molecule has 0 atom stereocenters. The van der Waals surface area contributed by atoms with Crippen LogP contribution in [0.3, 0.4) is 0 Å². The van der Waals surface area contributed by atoms with Crippen LogP contribution in [0.2, 0.25) is 0 Å². The van der Waals surface area contributed by atoms with Gasteiger partial charge in [-0.15, -0.1) is 0 Å². The standard InChI is InChI=1S/C19H24O3/c1-15(2)16-8-10-18(11-9-16)21-12-3-4-13-22-19-7-5-6-17(20)14-19/h5-11,14-15,20H,3-4,12-13H2,1-2H3. The third-order valence-corrected chi connectivity index (χ3v) is 3.44. The van der Waals surface area contributed by atoms with E-state index in [0.29, 0.717) is 24.9 Å². The highest BCUT2D eigenvalue weighted by atomic mass is 16.5. The summed E-state index contributed by atoms with van der Waals surface area (Å²) in [7, 11) is 0. The topological polar surface area (TPSA) is 38.7 Å². The van der Waals surface area contributed by atoms with Gasteiger partial charge < -0.3 is 14.6 Å². The summed E-state index contributed by atoms with van der Waals surface area (Å²) in [5, 5.41) is 9.33. The minimum Gasteiger partial charge on any atom is -0.508 e. The van der Waals surface area contributed by atoms with Crippen molar-refractivity contribution in [1.29, 1.82) is 0 Å². The van der Waals surface area contributed by atoms with Crippen molar-refractivity contribution < 1.29 is 14.6 Å². The van der Waals surface area contributed by atoms with Crippen LogP contribution >= 0.6 is 0 Å². The summed E-state index contributed by atoms with van der Waals surface area (Å²) in [6.07, 6.45) is 1.85. The van der Waals surface area contributed by atoms with Gasteiger partial charge in [0.1, 0.15) is 17.2 Å². The van der Waals surface area contributed by atoms with E-state index in [-0.39, 0.29) is 5.75 Å². The normalized spacial score (nSPS) is 10.7. The van der Waals surface area contributed by atoms with Crippen LogP contribution in [0.25, 0.3) is 0 Å². The van der Waals surface area contributed by atoms with Gasteiger partial charge in [0.25, 0.3) is 0 Å². The monoisotopic (exact) mass is 300 g/mol. The maximum absolute atomic E-state index is 9.33. The summed E-state index contributed by atoms with van der Waals surface area (Å²) < 4.78 is 11.3. The average Bonchev–Trinajstić information content (AvgIpc) is 2.51. The molecule has 0 spiro atoms. The minimum atomic E-state index is 0.227. The zero-order valence-electron chi connectivity index (χ0n) is 13.3. The van der Waals surface area contributed by atoms with Crippen LogP contribution in [0, 0.1) is 0 Å². The van der Waals surface area contributed by atoms with Crippen molar-refractivity contribution in [2.45, 2.75) is 32.6 Å². The van der Waals surface area contributed by atoms with Crippen LogP contribution in [0.1, 0.15) is 38.2 Å². The van der Waals surface area contributed by atoms with Crippen LogP contribution in [0.15, 0.2) is 48.5 Å². The largest absolute Gasteiger partial charge is 0.508 e. The Balaban J connectivity index is 1.61. The molecule has 3 heteroatoms. The van der Waals surface area contributed by atoms with E-state index >= 15 is 0 Å². The number of hydrogen-bond acceptors (Lipinski definition) is 3. The molecule has 2 aromatic rings. The number of ether oxygens (including phenoxy) is 2. The zero-order chi connectivity index (χ0) is 15.8. The molecule has 1 N–H and O–H groups in total. The van der Waals surface area contributed by atoms with E-state index < -0.39 is 0 Å². The lowest BCUT2D eigenvalue weighted by Crippen LogP contribution is -2.02. The number of rotatable bonds is 8. The maximum Gasteiger partial charge on any atom is 0.122 e. The van der Waals surface area contributed by atoms with Crippen molar-refractivity contribution >= 4 is 0 Å². The molecule has 0 aliphatic heterocycles. The fourth-order valence-corrected chi connectivity index (χ4v) is 2.11. The summed E-state index contributed by atoms with van der Waals surface area (Å²) in [5.74, 6) is 2.39. The number of phenolic OH excluding ortho intramolecular Hbond substituents is 1. The Hall–Kier alpha value is -2.16. The van der Waals surface area contributed by atoms with Gasteiger partial charge in [0.15, 0.2) is 0 Å². The van der Waals surface area contributed by atoms with Crippen LogP contribution in [-0.2, 0) is 0 Å². The van der Waals surface area contributed by atoms with Crippen LogP contribution in [-0.4, -0.2) is 18.3 Å². The van der Waals surface area contributed by atoms with Crippen molar-refractivity contribution in [3.05, 3.63) is 54.1 Å². The Labute approximate surface area is 132 Å². The van der Waals surface area contributed by atoms with Crippen molar-refractivity contribution in [3.8, 4) is 17.2 Å². The van der Waals surface area contributed by atoms with Crippen molar-refractivity contribution in [3.63, 3.8) is 0 Å². The van der Waals surface area contributed by atoms with Gasteiger partial charge >= 0.3 is 0 Å². The molecule has 0 saturated carbocycles. The molecular weight excluding hydrogens is 276 g/mol. The Morgan fingerprint density at radius 3 is 2.09 bits per heavy atom. The third-order valence-electron chi connectivity index (χ3n) is 3.44. The Morgan fingerprint density at radius 2 is 1.50 bits per heavy atom. The first-order valence-electron chi connectivity index (χ1n) is 7.80. The number of phenols is 1. The summed E-state index contributed by atoms with van der Waals surface area (Å²) in [4.78, 5) is 0. The van der Waals surface area contributed by atoms with E-state index in [4.69, 9.17) is 9.47 Å². The minimum absolute atomic E-state index is 0.227. The number of unbranched alkanes of at least 4 members (excludes halogenated alkanes) is 1. The van der Waals surface area contributed by atoms with Gasteiger partial charge in [0.05, 0.1) is 13.2 Å². The first kappa shape index (κ1) is 16.2. The van der Waals surface area contributed by atoms with E-state index in [2.05, 4.69) is 26.0 Å². The lowest BCUT2D eigenvalue weighted by atomic mass is 10.0. The molecule has 3 nitrogen and oxygen atoms in total. The molecule has 0 unspecified atom stereocenters. The van der Waals surface area contributed by atoms with Gasteiger partial charge in [-0.3, -0.25) is 0 Å². The molecule has 0 saturated heterocycles. The maximum atomic E-state index is 9.33. The Morgan fingerprint density at radius 1 is 0.864 bits per heavy atom. The van der Waals surface area contributed by atoms with Gasteiger partial charge in [0, 0.05) is 6.07 Å². The molecule has 0 radical (unpaired) electrons. The molecule has 0 aliphatic rings. The van der Waals surface area contributed by atoms with Gasteiger partial charge in [-0.1, -0.05) is 32.0 Å². The van der Waals surface area contributed by atoms with Gasteiger partial charge in [-0.25, -0.2) is 0 Å². The Bertz CT molecular complexity index is 561. The highest BCUT2D eigenvalue weighted by molar-refractivity contribution is 5.31. The van der Waals surface area contributed by atoms with Gasteiger partial charge in [0.2, 0.25) is 0 Å². The number of benzene rings is 2. The average molecular weight is 300 g/mol. The van der Waals surface area contributed by atoms with E-state index in [9.17, 15) is 5.11 Å². The highest BCUT2D eigenvalue weighted by Crippen LogP contribution is 2.19. The molecule has 22 heavy (non-hydrogen) atoms. The predicted octanol–water partition coefficient (Wildman–Crippen LogP) is 4.75. The molecule has 0 fully saturated rings. The van der Waals surface area contributed by atoms with E-state index in [1.54, 1.807) is 18.2 Å². The summed E-state index contributed by atoms with van der Waals surface area (Å²) in [5.41, 5.74) is 1.33. The molecule has 2 rings (SSSR count). The van der Waals surface area contributed by atoms with Gasteiger partial charge in [-0.2, -0.15) is 0 Å². The summed E-state index contributed by atoms with van der Waals surface area (Å²) >= 11 is 0. The smallest absolute Gasteiger partial charge is 0.122 e. The first-order valence-corrected chi connectivity index (χ1v) is 7.80. The molecular formula is C19H24O3. The molecule has 0 aliphatic carbocycles. The summed E-state index contributed by atoms with van der Waals surface area (Å²) in [6.45, 7) is 5.67. The second-order valence-corrected chi connectivity index (χ2v) is 5.63. The van der Waals surface area contributed by atoms with Crippen molar-refractivity contribution in [2.24, 2.45) is 0 Å². The molecule has 0 heterocycles. The molecule has 2 aromatic carbocycles. The van der Waals surface area contributed by atoms with Crippen molar-refractivity contribution in [2.75, 3.05) is 13.2 Å². The number of hydrogen-bond donors (Lipinski definition) is 1. The highest BCUT2D eigenvalue weighted by Gasteiger charge is 2.00. The summed E-state index contributed by atoms with van der Waals surface area (Å²) in [6, 6.07) is 15.1. The van der Waals surface area contributed by atoms with E-state index in [0.717, 1.165) is 18.6 Å². The predicted molar refractivity (Wildman–Crippen MR) is 88.9 cm³/mol. The molecule has 0 aromatic heterocycles. The van der Waals surface area contributed by atoms with Gasteiger partial charge in [-0.05, 0) is 48.6 Å². The fraction of sp³-hybridized carbons (Fsp3) is 0.368.